The summed E-state index contributed by atoms with van der Waals surface area (Å²) in [5, 5.41) is 23.0. The van der Waals surface area contributed by atoms with Crippen LogP contribution in [-0.2, 0) is 0 Å². The van der Waals surface area contributed by atoms with E-state index in [1.54, 1.807) is 23.9 Å². The number of fused-ring (bicyclic) bond motifs is 2. The third-order valence-electron chi connectivity index (χ3n) is 4.07. The second-order valence-corrected chi connectivity index (χ2v) is 6.47. The third kappa shape index (κ3) is 2.16. The van der Waals surface area contributed by atoms with Crippen LogP contribution < -0.4 is 5.32 Å². The SMILES string of the molecule is O=C(NC12CCC(O)C(SC1)C2O)c1ccccc1. The van der Waals surface area contributed by atoms with Crippen LogP contribution in [0.5, 0.6) is 0 Å². The highest BCUT2D eigenvalue weighted by Gasteiger charge is 2.54. The summed E-state index contributed by atoms with van der Waals surface area (Å²) in [6.45, 7) is 0. The van der Waals surface area contributed by atoms with Crippen molar-refractivity contribution in [3.63, 3.8) is 0 Å². The van der Waals surface area contributed by atoms with Crippen molar-refractivity contribution in [2.24, 2.45) is 0 Å². The van der Waals surface area contributed by atoms with Gasteiger partial charge < -0.3 is 15.5 Å². The molecule has 1 heterocycles. The Hall–Kier alpha value is -1.04. The molecule has 3 N–H and O–H groups in total. The average Bonchev–Trinajstić information content (AvgIpc) is 2.64. The highest BCUT2D eigenvalue weighted by molar-refractivity contribution is 8.00. The summed E-state index contributed by atoms with van der Waals surface area (Å²) in [6, 6.07) is 9.02. The Balaban J connectivity index is 1.78. The van der Waals surface area contributed by atoms with E-state index >= 15 is 0 Å². The number of rotatable bonds is 2. The lowest BCUT2D eigenvalue weighted by Crippen LogP contribution is -2.61. The topological polar surface area (TPSA) is 69.6 Å². The molecule has 0 spiro atoms. The van der Waals surface area contributed by atoms with Crippen LogP contribution in [0.2, 0.25) is 0 Å². The van der Waals surface area contributed by atoms with E-state index in [0.717, 1.165) is 0 Å². The molecule has 1 saturated carbocycles. The summed E-state index contributed by atoms with van der Waals surface area (Å²) in [5.41, 5.74) is 0.0187. The molecule has 2 bridgehead atoms. The maximum absolute atomic E-state index is 12.2. The lowest BCUT2D eigenvalue weighted by atomic mass is 9.79. The Kier molecular flexibility index (Phi) is 3.28. The molecule has 2 aliphatic rings. The fraction of sp³-hybridized carbons (Fsp3) is 0.500. The Morgan fingerprint density at radius 1 is 1.32 bits per heavy atom. The molecule has 0 aromatic heterocycles. The zero-order valence-corrected chi connectivity index (χ0v) is 11.3. The Morgan fingerprint density at radius 3 is 2.79 bits per heavy atom. The monoisotopic (exact) mass is 279 g/mol. The number of hydrogen-bond acceptors (Lipinski definition) is 4. The molecule has 1 saturated heterocycles. The summed E-state index contributed by atoms with van der Waals surface area (Å²) < 4.78 is 0. The average molecular weight is 279 g/mol. The van der Waals surface area contributed by atoms with Gasteiger partial charge in [-0.25, -0.2) is 0 Å². The van der Waals surface area contributed by atoms with Gasteiger partial charge in [0.05, 0.1) is 23.0 Å². The molecule has 1 aromatic rings. The van der Waals surface area contributed by atoms with E-state index in [1.807, 2.05) is 18.2 Å². The quantitative estimate of drug-likeness (QED) is 0.748. The first-order chi connectivity index (χ1) is 9.12. The molecule has 3 rings (SSSR count). The molecule has 0 radical (unpaired) electrons. The van der Waals surface area contributed by atoms with Gasteiger partial charge in [0.1, 0.15) is 0 Å². The van der Waals surface area contributed by atoms with Crippen molar-refractivity contribution in [2.75, 3.05) is 5.75 Å². The van der Waals surface area contributed by atoms with Gasteiger partial charge in [-0.1, -0.05) is 18.2 Å². The number of aliphatic hydroxyl groups excluding tert-OH is 2. The fourth-order valence-corrected chi connectivity index (χ4v) is 4.59. The molecule has 19 heavy (non-hydrogen) atoms. The molecule has 1 aliphatic carbocycles. The van der Waals surface area contributed by atoms with Crippen molar-refractivity contribution in [1.82, 2.24) is 5.32 Å². The Bertz CT molecular complexity index is 481. The number of amides is 1. The minimum Gasteiger partial charge on any atom is -0.392 e. The van der Waals surface area contributed by atoms with Gasteiger partial charge in [-0.2, -0.15) is 11.8 Å². The number of aliphatic hydroxyl groups is 2. The van der Waals surface area contributed by atoms with Crippen molar-refractivity contribution in [3.05, 3.63) is 35.9 Å². The number of nitrogens with one attached hydrogen (secondary N) is 1. The second-order valence-electron chi connectivity index (χ2n) is 5.30. The number of carbonyl (C=O) groups is 1. The van der Waals surface area contributed by atoms with Gasteiger partial charge in [0, 0.05) is 11.3 Å². The Labute approximate surface area is 116 Å². The smallest absolute Gasteiger partial charge is 0.251 e. The number of carbonyl (C=O) groups excluding carboxylic acids is 1. The molecule has 1 aliphatic heterocycles. The third-order valence-corrected chi connectivity index (χ3v) is 5.71. The van der Waals surface area contributed by atoms with Gasteiger partial charge >= 0.3 is 0 Å². The summed E-state index contributed by atoms with van der Waals surface area (Å²) in [6.07, 6.45) is 0.111. The van der Waals surface area contributed by atoms with E-state index in [4.69, 9.17) is 0 Å². The second kappa shape index (κ2) is 4.81. The minimum atomic E-state index is -0.672. The first-order valence-electron chi connectivity index (χ1n) is 6.48. The van der Waals surface area contributed by atoms with E-state index in [9.17, 15) is 15.0 Å². The van der Waals surface area contributed by atoms with E-state index in [1.165, 1.54) is 0 Å². The zero-order valence-electron chi connectivity index (χ0n) is 10.5. The molecule has 1 amide bonds. The minimum absolute atomic E-state index is 0.155. The van der Waals surface area contributed by atoms with Crippen LogP contribution in [0.25, 0.3) is 0 Å². The van der Waals surface area contributed by atoms with Gasteiger partial charge in [0.15, 0.2) is 0 Å². The van der Waals surface area contributed by atoms with Gasteiger partial charge in [-0.05, 0) is 25.0 Å². The maximum Gasteiger partial charge on any atom is 0.251 e. The molecule has 1 aromatic carbocycles. The molecular weight excluding hydrogens is 262 g/mol. The maximum atomic E-state index is 12.2. The molecule has 4 nitrogen and oxygen atoms in total. The normalized spacial score (nSPS) is 37.1. The van der Waals surface area contributed by atoms with Crippen LogP contribution >= 0.6 is 11.8 Å². The molecule has 4 unspecified atom stereocenters. The van der Waals surface area contributed by atoms with Crippen molar-refractivity contribution in [2.45, 2.75) is 35.8 Å². The molecular formula is C14H17NO3S. The summed E-state index contributed by atoms with van der Waals surface area (Å²) >= 11 is 1.55. The van der Waals surface area contributed by atoms with Crippen molar-refractivity contribution in [1.29, 1.82) is 0 Å². The lowest BCUT2D eigenvalue weighted by Gasteiger charge is -2.39. The van der Waals surface area contributed by atoms with Gasteiger partial charge in [-0.15, -0.1) is 0 Å². The van der Waals surface area contributed by atoms with Crippen LogP contribution in [0.4, 0.5) is 0 Å². The predicted octanol–water partition coefficient (Wildman–Crippen LogP) is 0.786. The molecule has 5 heteroatoms. The van der Waals surface area contributed by atoms with Gasteiger partial charge in [-0.3, -0.25) is 4.79 Å². The summed E-state index contributed by atoms with van der Waals surface area (Å²) in [5.74, 6) is 0.506. The largest absolute Gasteiger partial charge is 0.392 e. The van der Waals surface area contributed by atoms with Gasteiger partial charge in [0.2, 0.25) is 0 Å². The summed E-state index contributed by atoms with van der Waals surface area (Å²) in [4.78, 5) is 12.2. The Morgan fingerprint density at radius 2 is 2.05 bits per heavy atom. The van der Waals surface area contributed by atoms with E-state index < -0.39 is 17.7 Å². The van der Waals surface area contributed by atoms with E-state index in [0.29, 0.717) is 24.2 Å². The fourth-order valence-electron chi connectivity index (χ4n) is 2.91. The first kappa shape index (κ1) is 13.0. The highest BCUT2D eigenvalue weighted by Crippen LogP contribution is 2.45. The first-order valence-corrected chi connectivity index (χ1v) is 7.53. The van der Waals surface area contributed by atoms with Gasteiger partial charge in [0.25, 0.3) is 5.91 Å². The van der Waals surface area contributed by atoms with Crippen molar-refractivity contribution in [3.8, 4) is 0 Å². The van der Waals surface area contributed by atoms with E-state index in [-0.39, 0.29) is 11.2 Å². The predicted molar refractivity (Wildman–Crippen MR) is 74.1 cm³/mol. The number of hydrogen-bond donors (Lipinski definition) is 3. The van der Waals surface area contributed by atoms with Crippen LogP contribution in [0, 0.1) is 0 Å². The zero-order chi connectivity index (χ0) is 13.5. The van der Waals surface area contributed by atoms with Crippen molar-refractivity contribution < 1.29 is 15.0 Å². The lowest BCUT2D eigenvalue weighted by molar-refractivity contribution is -0.00240. The van der Waals surface area contributed by atoms with Crippen molar-refractivity contribution >= 4 is 17.7 Å². The molecule has 102 valence electrons. The number of thioether (sulfide) groups is 1. The van der Waals surface area contributed by atoms with Crippen LogP contribution in [0.15, 0.2) is 30.3 Å². The van der Waals surface area contributed by atoms with Crippen LogP contribution in [0.3, 0.4) is 0 Å². The van der Waals surface area contributed by atoms with Crippen LogP contribution in [-0.4, -0.2) is 44.9 Å². The highest BCUT2D eigenvalue weighted by atomic mass is 32.2. The molecule has 4 atom stereocenters. The van der Waals surface area contributed by atoms with E-state index in [2.05, 4.69) is 5.32 Å². The number of benzene rings is 1. The molecule has 2 fully saturated rings. The van der Waals surface area contributed by atoms with Crippen LogP contribution in [0.1, 0.15) is 23.2 Å². The standard InChI is InChI=1S/C14H17NO3S/c16-10-6-7-14(8-19-11(10)12(14)17)15-13(18)9-4-2-1-3-5-9/h1-5,10-12,16-17H,6-8H2,(H,15,18). The summed E-state index contributed by atoms with van der Waals surface area (Å²) in [7, 11) is 0.